The fourth-order valence-corrected chi connectivity index (χ4v) is 5.02. The third-order valence-electron chi connectivity index (χ3n) is 6.21. The van der Waals surface area contributed by atoms with E-state index in [0.717, 1.165) is 45.2 Å². The van der Waals surface area contributed by atoms with Gasteiger partial charge in [-0.1, -0.05) is 6.07 Å². The molecule has 1 saturated carbocycles. The van der Waals surface area contributed by atoms with Crippen molar-refractivity contribution in [1.82, 2.24) is 0 Å². The zero-order chi connectivity index (χ0) is 16.7. The lowest BCUT2D eigenvalue weighted by Gasteiger charge is -2.38. The predicted octanol–water partition coefficient (Wildman–Crippen LogP) is 2.53. The topological polar surface area (TPSA) is 55.6 Å². The summed E-state index contributed by atoms with van der Waals surface area (Å²) in [7, 11) is 0. The minimum atomic E-state index is 0.0316. The lowest BCUT2D eigenvalue weighted by atomic mass is 9.84. The highest BCUT2D eigenvalue weighted by Crippen LogP contribution is 2.44. The second-order valence-corrected chi connectivity index (χ2v) is 7.74. The fourth-order valence-electron chi connectivity index (χ4n) is 5.02. The number of carbonyl (C=O) groups excluding carboxylic acids is 1. The minimum Gasteiger partial charge on any atom is -0.466 e. The first-order chi connectivity index (χ1) is 11.7. The summed E-state index contributed by atoms with van der Waals surface area (Å²) in [4.78, 5) is 14.8. The number of hydrogen-bond donors (Lipinski definition) is 1. The van der Waals surface area contributed by atoms with Gasteiger partial charge in [0, 0.05) is 24.8 Å². The molecule has 2 N–H and O–H groups in total. The van der Waals surface area contributed by atoms with Gasteiger partial charge >= 0.3 is 5.97 Å². The molecule has 24 heavy (non-hydrogen) atoms. The number of esters is 1. The van der Waals surface area contributed by atoms with Crippen molar-refractivity contribution in [3.8, 4) is 0 Å². The average molecular weight is 328 g/mol. The number of nitrogens with two attached hydrogens (primary N) is 1. The number of benzene rings is 1. The van der Waals surface area contributed by atoms with Gasteiger partial charge in [-0.15, -0.1) is 0 Å². The van der Waals surface area contributed by atoms with Gasteiger partial charge in [0.05, 0.1) is 12.5 Å². The Bertz CT molecular complexity index is 616. The Hall–Kier alpha value is -1.55. The van der Waals surface area contributed by atoms with E-state index in [9.17, 15) is 4.79 Å². The Kier molecular flexibility index (Phi) is 4.25. The summed E-state index contributed by atoms with van der Waals surface area (Å²) >= 11 is 0. The Morgan fingerprint density at radius 3 is 2.67 bits per heavy atom. The van der Waals surface area contributed by atoms with Gasteiger partial charge < -0.3 is 15.4 Å². The van der Waals surface area contributed by atoms with Gasteiger partial charge in [-0.25, -0.2) is 0 Å². The van der Waals surface area contributed by atoms with E-state index in [1.165, 1.54) is 16.8 Å². The molecule has 2 aliphatic carbocycles. The van der Waals surface area contributed by atoms with Gasteiger partial charge in [-0.2, -0.15) is 0 Å². The van der Waals surface area contributed by atoms with E-state index >= 15 is 0 Å². The predicted molar refractivity (Wildman–Crippen MR) is 95.0 cm³/mol. The van der Waals surface area contributed by atoms with Crippen LogP contribution in [-0.4, -0.2) is 31.7 Å². The summed E-state index contributed by atoms with van der Waals surface area (Å²) in [5.41, 5.74) is 10.3. The van der Waals surface area contributed by atoms with Gasteiger partial charge in [0.15, 0.2) is 0 Å². The van der Waals surface area contributed by atoms with Crippen LogP contribution in [0.1, 0.15) is 37.3 Å². The van der Waals surface area contributed by atoms with Crippen LogP contribution in [0.2, 0.25) is 0 Å². The van der Waals surface area contributed by atoms with Gasteiger partial charge in [-0.05, 0) is 74.1 Å². The molecule has 1 unspecified atom stereocenters. The molecule has 130 valence electrons. The SMILES string of the molecule is CCOC(=O)C1[C@@H]2CC[C@H]1CN(c1ccc3c(c1)CC[C@H](N)C3)C2. The van der Waals surface area contributed by atoms with Crippen LogP contribution in [0, 0.1) is 17.8 Å². The summed E-state index contributed by atoms with van der Waals surface area (Å²) in [6.45, 7) is 4.36. The number of aryl methyl sites for hydroxylation is 1. The highest BCUT2D eigenvalue weighted by Gasteiger charge is 2.46. The molecule has 1 saturated heterocycles. The molecule has 0 radical (unpaired) electrons. The van der Waals surface area contributed by atoms with Crippen molar-refractivity contribution in [1.29, 1.82) is 0 Å². The largest absolute Gasteiger partial charge is 0.466 e. The van der Waals surface area contributed by atoms with Gasteiger partial charge in [-0.3, -0.25) is 4.79 Å². The van der Waals surface area contributed by atoms with Gasteiger partial charge in [0.25, 0.3) is 0 Å². The van der Waals surface area contributed by atoms with Crippen LogP contribution in [0.4, 0.5) is 5.69 Å². The van der Waals surface area contributed by atoms with Gasteiger partial charge in [0.1, 0.15) is 0 Å². The fraction of sp³-hybridized carbons (Fsp3) is 0.650. The lowest BCUT2D eigenvalue weighted by molar-refractivity contribution is -0.151. The third kappa shape index (κ3) is 2.81. The summed E-state index contributed by atoms with van der Waals surface area (Å²) in [6, 6.07) is 7.20. The van der Waals surface area contributed by atoms with E-state index in [2.05, 4.69) is 23.1 Å². The molecule has 4 nitrogen and oxygen atoms in total. The summed E-state index contributed by atoms with van der Waals surface area (Å²) in [6.07, 6.45) is 5.50. The average Bonchev–Trinajstić information content (AvgIpc) is 2.84. The van der Waals surface area contributed by atoms with Crippen molar-refractivity contribution in [2.45, 2.75) is 45.1 Å². The molecule has 1 heterocycles. The maximum absolute atomic E-state index is 12.3. The van der Waals surface area contributed by atoms with E-state index in [0.29, 0.717) is 24.5 Å². The first kappa shape index (κ1) is 15.9. The first-order valence-electron chi connectivity index (χ1n) is 9.44. The number of fused-ring (bicyclic) bond motifs is 3. The van der Waals surface area contributed by atoms with E-state index in [1.54, 1.807) is 0 Å². The van der Waals surface area contributed by atoms with Crippen LogP contribution in [0.15, 0.2) is 18.2 Å². The standard InChI is InChI=1S/C20H28N2O2/c1-2-24-20(23)19-15-3-4-16(19)12-22(11-15)18-8-6-13-9-17(21)7-5-14(13)10-18/h6,8,10,15-17,19H,2-5,7,9,11-12,21H2,1H3/t15-,16+,17-,19?/m0/s1. The Morgan fingerprint density at radius 1 is 1.21 bits per heavy atom. The smallest absolute Gasteiger partial charge is 0.309 e. The zero-order valence-corrected chi connectivity index (χ0v) is 14.5. The molecule has 1 aromatic rings. The van der Waals surface area contributed by atoms with Crippen LogP contribution in [0.3, 0.4) is 0 Å². The second kappa shape index (κ2) is 6.40. The van der Waals surface area contributed by atoms with E-state index < -0.39 is 0 Å². The zero-order valence-electron chi connectivity index (χ0n) is 14.5. The maximum Gasteiger partial charge on any atom is 0.309 e. The molecule has 3 aliphatic rings. The van der Waals surface area contributed by atoms with Crippen LogP contribution in [0.25, 0.3) is 0 Å². The lowest BCUT2D eigenvalue weighted by Crippen LogP contribution is -2.45. The molecule has 4 rings (SSSR count). The molecule has 4 atom stereocenters. The number of hydrogen-bond acceptors (Lipinski definition) is 4. The van der Waals surface area contributed by atoms with Crippen LogP contribution < -0.4 is 10.6 Å². The Morgan fingerprint density at radius 2 is 1.96 bits per heavy atom. The number of nitrogens with zero attached hydrogens (tertiary/aromatic N) is 1. The van der Waals surface area contributed by atoms with E-state index in [-0.39, 0.29) is 11.9 Å². The van der Waals surface area contributed by atoms with E-state index in [1.807, 2.05) is 6.92 Å². The third-order valence-corrected chi connectivity index (χ3v) is 6.21. The highest BCUT2D eigenvalue weighted by molar-refractivity contribution is 5.74. The molecule has 1 aliphatic heterocycles. The van der Waals surface area contributed by atoms with Crippen molar-refractivity contribution in [2.75, 3.05) is 24.6 Å². The van der Waals surface area contributed by atoms with E-state index in [4.69, 9.17) is 10.5 Å². The van der Waals surface area contributed by atoms with Crippen LogP contribution in [-0.2, 0) is 22.4 Å². The minimum absolute atomic E-state index is 0.0316. The molecule has 0 spiro atoms. The van der Waals surface area contributed by atoms with Crippen molar-refractivity contribution >= 4 is 11.7 Å². The molecule has 4 heteroatoms. The second-order valence-electron chi connectivity index (χ2n) is 7.74. The molecule has 2 fully saturated rings. The number of rotatable bonds is 3. The molecule has 0 aromatic heterocycles. The number of ether oxygens (including phenoxy) is 1. The number of carbonyl (C=O) groups is 1. The Labute approximate surface area is 144 Å². The molecule has 1 aromatic carbocycles. The van der Waals surface area contributed by atoms with Crippen molar-refractivity contribution in [2.24, 2.45) is 23.5 Å². The molecule has 0 amide bonds. The Balaban J connectivity index is 1.50. The summed E-state index contributed by atoms with van der Waals surface area (Å²) < 4.78 is 5.32. The molecule has 2 bridgehead atoms. The van der Waals surface area contributed by atoms with Crippen LogP contribution >= 0.6 is 0 Å². The summed E-state index contributed by atoms with van der Waals surface area (Å²) in [5.74, 6) is 1.06. The van der Waals surface area contributed by atoms with Crippen molar-refractivity contribution in [3.05, 3.63) is 29.3 Å². The monoisotopic (exact) mass is 328 g/mol. The van der Waals surface area contributed by atoms with Crippen LogP contribution in [0.5, 0.6) is 0 Å². The molecular formula is C20H28N2O2. The summed E-state index contributed by atoms with van der Waals surface area (Å²) in [5, 5.41) is 0. The number of piperidine rings is 1. The van der Waals surface area contributed by atoms with Gasteiger partial charge in [0.2, 0.25) is 0 Å². The van der Waals surface area contributed by atoms with Crippen molar-refractivity contribution in [3.63, 3.8) is 0 Å². The normalized spacial score (nSPS) is 31.7. The number of anilines is 1. The van der Waals surface area contributed by atoms with Crippen molar-refractivity contribution < 1.29 is 9.53 Å². The molecular weight excluding hydrogens is 300 g/mol. The first-order valence-corrected chi connectivity index (χ1v) is 9.44. The highest BCUT2D eigenvalue weighted by atomic mass is 16.5. The quantitative estimate of drug-likeness (QED) is 0.866. The maximum atomic E-state index is 12.3.